The molecule has 2 unspecified atom stereocenters. The first-order chi connectivity index (χ1) is 5.16. The Morgan fingerprint density at radius 3 is 2.27 bits per heavy atom. The molecule has 2 heteroatoms. The first-order valence-corrected chi connectivity index (χ1v) is 4.95. The van der Waals surface area contributed by atoms with Crippen LogP contribution in [0, 0.1) is 11.8 Å². The predicted molar refractivity (Wildman–Crippen MR) is 53.5 cm³/mol. The standard InChI is InChI=1S/C9H21OP/c1-8(2)5-4-6-9(3)7-10-11/h8-9H,4-7,11H2,1-3H3. The predicted octanol–water partition coefficient (Wildman–Crippen LogP) is 3.26. The molecule has 0 spiro atoms. The minimum atomic E-state index is 0.714. The molecule has 0 saturated carbocycles. The van der Waals surface area contributed by atoms with Gasteiger partial charge in [0.25, 0.3) is 0 Å². The fourth-order valence-corrected chi connectivity index (χ4v) is 1.45. The topological polar surface area (TPSA) is 9.23 Å². The van der Waals surface area contributed by atoms with E-state index in [9.17, 15) is 0 Å². The number of hydrogen-bond acceptors (Lipinski definition) is 1. The zero-order valence-corrected chi connectivity index (χ0v) is 9.12. The third-order valence-electron chi connectivity index (χ3n) is 1.86. The van der Waals surface area contributed by atoms with Crippen molar-refractivity contribution in [3.63, 3.8) is 0 Å². The van der Waals surface area contributed by atoms with E-state index in [1.807, 2.05) is 0 Å². The molecule has 0 aliphatic rings. The van der Waals surface area contributed by atoms with E-state index in [2.05, 4.69) is 30.2 Å². The molecule has 0 N–H and O–H groups in total. The molecule has 0 aliphatic heterocycles. The summed E-state index contributed by atoms with van der Waals surface area (Å²) < 4.78 is 4.98. The smallest absolute Gasteiger partial charge is 0.0527 e. The quantitative estimate of drug-likeness (QED) is 0.564. The van der Waals surface area contributed by atoms with E-state index in [0.29, 0.717) is 5.92 Å². The van der Waals surface area contributed by atoms with E-state index in [1.165, 1.54) is 19.3 Å². The first kappa shape index (κ1) is 11.4. The third-order valence-corrected chi connectivity index (χ3v) is 2.05. The lowest BCUT2D eigenvalue weighted by atomic mass is 10.0. The Kier molecular flexibility index (Phi) is 7.31. The summed E-state index contributed by atoms with van der Waals surface area (Å²) in [7, 11) is 2.31. The van der Waals surface area contributed by atoms with Crippen LogP contribution in [0.2, 0.25) is 0 Å². The highest BCUT2D eigenvalue weighted by atomic mass is 31.0. The van der Waals surface area contributed by atoms with Gasteiger partial charge in [0.05, 0.1) is 6.61 Å². The second-order valence-electron chi connectivity index (χ2n) is 3.76. The molecule has 0 aliphatic carbocycles. The van der Waals surface area contributed by atoms with E-state index in [-0.39, 0.29) is 0 Å². The summed E-state index contributed by atoms with van der Waals surface area (Å²) in [4.78, 5) is 0. The van der Waals surface area contributed by atoms with Crippen LogP contribution in [-0.2, 0) is 4.52 Å². The highest BCUT2D eigenvalue weighted by Crippen LogP contribution is 2.13. The van der Waals surface area contributed by atoms with Gasteiger partial charge in [0.2, 0.25) is 0 Å². The lowest BCUT2D eigenvalue weighted by Gasteiger charge is -2.10. The molecule has 0 aromatic heterocycles. The molecular weight excluding hydrogens is 155 g/mol. The van der Waals surface area contributed by atoms with E-state index in [1.54, 1.807) is 0 Å². The maximum atomic E-state index is 4.98. The van der Waals surface area contributed by atoms with Gasteiger partial charge < -0.3 is 4.52 Å². The molecule has 0 amide bonds. The normalized spacial score (nSPS) is 13.9. The average molecular weight is 176 g/mol. The maximum absolute atomic E-state index is 4.98. The monoisotopic (exact) mass is 176 g/mol. The van der Waals surface area contributed by atoms with Crippen LogP contribution in [0.3, 0.4) is 0 Å². The third kappa shape index (κ3) is 8.29. The fourth-order valence-electron chi connectivity index (χ4n) is 1.12. The van der Waals surface area contributed by atoms with Crippen LogP contribution in [0.25, 0.3) is 0 Å². The molecule has 0 heterocycles. The van der Waals surface area contributed by atoms with Gasteiger partial charge in [-0.25, -0.2) is 0 Å². The van der Waals surface area contributed by atoms with Gasteiger partial charge in [0, 0.05) is 9.47 Å². The van der Waals surface area contributed by atoms with Crippen LogP contribution < -0.4 is 0 Å². The molecule has 0 saturated heterocycles. The molecule has 0 aromatic rings. The van der Waals surface area contributed by atoms with Gasteiger partial charge in [0.1, 0.15) is 0 Å². The maximum Gasteiger partial charge on any atom is 0.0527 e. The summed E-state index contributed by atoms with van der Waals surface area (Å²) >= 11 is 0. The van der Waals surface area contributed by atoms with Crippen molar-refractivity contribution in [2.45, 2.75) is 40.0 Å². The van der Waals surface area contributed by atoms with Crippen LogP contribution in [-0.4, -0.2) is 6.61 Å². The molecule has 0 fully saturated rings. The lowest BCUT2D eigenvalue weighted by Crippen LogP contribution is -2.01. The first-order valence-electron chi connectivity index (χ1n) is 4.48. The summed E-state index contributed by atoms with van der Waals surface area (Å²) in [5.74, 6) is 1.56. The highest BCUT2D eigenvalue weighted by molar-refractivity contribution is 7.09. The van der Waals surface area contributed by atoms with Crippen molar-refractivity contribution >= 4 is 9.47 Å². The lowest BCUT2D eigenvalue weighted by molar-refractivity contribution is 0.282. The van der Waals surface area contributed by atoms with Gasteiger partial charge in [-0.2, -0.15) is 0 Å². The van der Waals surface area contributed by atoms with Gasteiger partial charge >= 0.3 is 0 Å². The van der Waals surface area contributed by atoms with Crippen molar-refractivity contribution < 1.29 is 4.52 Å². The largest absolute Gasteiger partial charge is 0.365 e. The molecule has 0 rings (SSSR count). The molecule has 1 nitrogen and oxygen atoms in total. The summed E-state index contributed by atoms with van der Waals surface area (Å²) in [5.41, 5.74) is 0. The van der Waals surface area contributed by atoms with Gasteiger partial charge in [0.15, 0.2) is 0 Å². The van der Waals surface area contributed by atoms with Gasteiger partial charge in [-0.05, 0) is 18.3 Å². The Bertz CT molecular complexity index is 83.6. The Balaban J connectivity index is 3.10. The SMILES string of the molecule is CC(C)CCCC(C)COP. The fraction of sp³-hybridized carbons (Fsp3) is 1.00. The number of hydrogen-bond donors (Lipinski definition) is 0. The molecule has 0 bridgehead atoms. The van der Waals surface area contributed by atoms with Crippen LogP contribution in [0.4, 0.5) is 0 Å². The summed E-state index contributed by atoms with van der Waals surface area (Å²) in [5, 5.41) is 0. The second-order valence-corrected chi connectivity index (χ2v) is 4.10. The molecule has 0 radical (unpaired) electrons. The minimum Gasteiger partial charge on any atom is -0.365 e. The van der Waals surface area contributed by atoms with Crippen molar-refractivity contribution in [1.82, 2.24) is 0 Å². The average Bonchev–Trinajstić information content (AvgIpc) is 1.87. The van der Waals surface area contributed by atoms with Gasteiger partial charge in [-0.15, -0.1) is 0 Å². The van der Waals surface area contributed by atoms with E-state index in [0.717, 1.165) is 12.5 Å². The Morgan fingerprint density at radius 1 is 1.18 bits per heavy atom. The Morgan fingerprint density at radius 2 is 1.82 bits per heavy atom. The number of rotatable bonds is 6. The van der Waals surface area contributed by atoms with Crippen molar-refractivity contribution in [3.05, 3.63) is 0 Å². The van der Waals surface area contributed by atoms with Crippen molar-refractivity contribution in [3.8, 4) is 0 Å². The summed E-state index contributed by atoms with van der Waals surface area (Å²) in [6.45, 7) is 7.67. The Hall–Kier alpha value is 0.390. The minimum absolute atomic E-state index is 0.714. The molecule has 0 aromatic carbocycles. The van der Waals surface area contributed by atoms with Crippen LogP contribution in [0.1, 0.15) is 40.0 Å². The van der Waals surface area contributed by atoms with E-state index < -0.39 is 0 Å². The highest BCUT2D eigenvalue weighted by Gasteiger charge is 2.01. The van der Waals surface area contributed by atoms with Crippen LogP contribution in [0.15, 0.2) is 0 Å². The van der Waals surface area contributed by atoms with Crippen molar-refractivity contribution in [1.29, 1.82) is 0 Å². The van der Waals surface area contributed by atoms with E-state index in [4.69, 9.17) is 4.52 Å². The second kappa shape index (κ2) is 7.06. The summed E-state index contributed by atoms with van der Waals surface area (Å²) in [6.07, 6.45) is 3.99. The molecular formula is C9H21OP. The zero-order chi connectivity index (χ0) is 8.69. The van der Waals surface area contributed by atoms with Gasteiger partial charge in [-0.1, -0.05) is 33.6 Å². The van der Waals surface area contributed by atoms with Crippen LogP contribution >= 0.6 is 9.47 Å². The van der Waals surface area contributed by atoms with Gasteiger partial charge in [-0.3, -0.25) is 0 Å². The van der Waals surface area contributed by atoms with E-state index >= 15 is 0 Å². The molecule has 11 heavy (non-hydrogen) atoms. The summed E-state index contributed by atoms with van der Waals surface area (Å²) in [6, 6.07) is 0. The zero-order valence-electron chi connectivity index (χ0n) is 7.97. The molecule has 2 atom stereocenters. The molecule has 68 valence electrons. The van der Waals surface area contributed by atoms with Crippen molar-refractivity contribution in [2.24, 2.45) is 11.8 Å². The van der Waals surface area contributed by atoms with Crippen LogP contribution in [0.5, 0.6) is 0 Å². The van der Waals surface area contributed by atoms with Crippen molar-refractivity contribution in [2.75, 3.05) is 6.61 Å². The Labute approximate surface area is 73.2 Å².